The summed E-state index contributed by atoms with van der Waals surface area (Å²) in [5.41, 5.74) is 7.10. The van der Waals surface area contributed by atoms with Gasteiger partial charge in [-0.25, -0.2) is 13.2 Å². The number of fused-ring (bicyclic) bond motifs is 3. The maximum absolute atomic E-state index is 14.2. The highest BCUT2D eigenvalue weighted by Gasteiger charge is 2.19. The van der Waals surface area contributed by atoms with E-state index in [2.05, 4.69) is 6.07 Å². The molecule has 0 saturated heterocycles. The Kier molecular flexibility index (Phi) is 3.68. The topological polar surface area (TPSA) is 48.0 Å². The van der Waals surface area contributed by atoms with E-state index < -0.39 is 23.4 Å². The highest BCUT2D eigenvalue weighted by Crippen LogP contribution is 2.32. The van der Waals surface area contributed by atoms with Gasteiger partial charge in [-0.05, 0) is 30.3 Å². The molecule has 0 spiro atoms. The van der Waals surface area contributed by atoms with E-state index in [9.17, 15) is 18.0 Å². The van der Waals surface area contributed by atoms with Crippen LogP contribution >= 0.6 is 0 Å². The predicted molar refractivity (Wildman–Crippen MR) is 92.2 cm³/mol. The molecule has 3 aromatic carbocycles. The van der Waals surface area contributed by atoms with Crippen LogP contribution in [0.1, 0.15) is 15.9 Å². The largest absolute Gasteiger partial charge is 0.366 e. The van der Waals surface area contributed by atoms with Crippen LogP contribution in [0.5, 0.6) is 0 Å². The minimum absolute atomic E-state index is 0.00367. The lowest BCUT2D eigenvalue weighted by molar-refractivity contribution is 0.100. The molecule has 1 aromatic heterocycles. The lowest BCUT2D eigenvalue weighted by Crippen LogP contribution is -2.11. The number of carbonyl (C=O) groups is 1. The Labute approximate surface area is 146 Å². The molecule has 26 heavy (non-hydrogen) atoms. The van der Waals surface area contributed by atoms with Gasteiger partial charge in [0.25, 0.3) is 0 Å². The van der Waals surface area contributed by atoms with Crippen LogP contribution in [0.25, 0.3) is 21.8 Å². The Morgan fingerprint density at radius 1 is 1.00 bits per heavy atom. The van der Waals surface area contributed by atoms with Crippen molar-refractivity contribution in [2.75, 3.05) is 0 Å². The number of amides is 1. The second kappa shape index (κ2) is 5.91. The number of carbonyl (C=O) groups excluding carboxylic acids is 1. The van der Waals surface area contributed by atoms with Crippen LogP contribution in [-0.2, 0) is 6.54 Å². The van der Waals surface area contributed by atoms with Gasteiger partial charge in [-0.3, -0.25) is 4.79 Å². The van der Waals surface area contributed by atoms with Crippen LogP contribution in [0, 0.1) is 23.5 Å². The summed E-state index contributed by atoms with van der Waals surface area (Å²) in [7, 11) is 0. The first-order valence-electron chi connectivity index (χ1n) is 7.83. The molecule has 0 bridgehead atoms. The Morgan fingerprint density at radius 2 is 1.77 bits per heavy atom. The molecule has 0 atom stereocenters. The molecule has 6 heteroatoms. The highest BCUT2D eigenvalue weighted by atomic mass is 19.2. The zero-order valence-electron chi connectivity index (χ0n) is 13.4. The van der Waals surface area contributed by atoms with Crippen LogP contribution in [0.4, 0.5) is 13.2 Å². The predicted octanol–water partition coefficient (Wildman–Crippen LogP) is 4.16. The van der Waals surface area contributed by atoms with E-state index in [1.807, 2.05) is 0 Å². The highest BCUT2D eigenvalue weighted by molar-refractivity contribution is 6.17. The Bertz CT molecular complexity index is 1180. The van der Waals surface area contributed by atoms with Crippen molar-refractivity contribution in [1.82, 2.24) is 4.57 Å². The van der Waals surface area contributed by atoms with Crippen LogP contribution in [-0.4, -0.2) is 10.5 Å². The maximum Gasteiger partial charge on any atom is 0.249 e. The fourth-order valence-electron chi connectivity index (χ4n) is 3.24. The van der Waals surface area contributed by atoms with Crippen molar-refractivity contribution in [3.8, 4) is 0 Å². The number of primary amides is 1. The van der Waals surface area contributed by atoms with Crippen LogP contribution < -0.4 is 5.73 Å². The van der Waals surface area contributed by atoms with Gasteiger partial charge in [0.2, 0.25) is 5.91 Å². The van der Waals surface area contributed by atoms with Crippen LogP contribution in [0.15, 0.2) is 48.5 Å². The number of rotatable bonds is 3. The second-order valence-corrected chi connectivity index (χ2v) is 5.91. The smallest absolute Gasteiger partial charge is 0.249 e. The molecule has 0 unspecified atom stereocenters. The van der Waals surface area contributed by atoms with Gasteiger partial charge in [-0.15, -0.1) is 0 Å². The number of nitrogens with zero attached hydrogens (tertiary/aromatic N) is 1. The number of aromatic nitrogens is 1. The van der Waals surface area contributed by atoms with E-state index in [-0.39, 0.29) is 12.1 Å². The average Bonchev–Trinajstić information content (AvgIpc) is 2.96. The molecule has 1 radical (unpaired) electrons. The van der Waals surface area contributed by atoms with Crippen molar-refractivity contribution in [2.45, 2.75) is 6.54 Å². The lowest BCUT2D eigenvalue weighted by Gasteiger charge is -2.10. The molecule has 0 aliphatic carbocycles. The molecule has 4 rings (SSSR count). The fraction of sp³-hybridized carbons (Fsp3) is 0.0500. The molecule has 129 valence electrons. The standard InChI is InChI=1S/C20H12F3N2O/c21-14-9-8-11(18(22)19(14)23)10-25-15-6-2-1-4-12(15)17-13(20(24)26)5-3-7-16(17)25/h1-3,5-9H,10H2,(H2,24,26). The summed E-state index contributed by atoms with van der Waals surface area (Å²) in [5.74, 6) is -4.57. The van der Waals surface area contributed by atoms with Crippen molar-refractivity contribution in [3.05, 3.63) is 83.2 Å². The van der Waals surface area contributed by atoms with E-state index in [1.54, 1.807) is 41.0 Å². The van der Waals surface area contributed by atoms with Crippen molar-refractivity contribution >= 4 is 27.7 Å². The van der Waals surface area contributed by atoms with E-state index in [1.165, 1.54) is 6.07 Å². The van der Waals surface area contributed by atoms with Crippen molar-refractivity contribution in [3.63, 3.8) is 0 Å². The summed E-state index contributed by atoms with van der Waals surface area (Å²) in [6.07, 6.45) is 0. The number of benzene rings is 3. The molecular weight excluding hydrogens is 341 g/mol. The number of halogens is 3. The van der Waals surface area contributed by atoms with Crippen molar-refractivity contribution in [2.24, 2.45) is 5.73 Å². The molecule has 0 aliphatic rings. The van der Waals surface area contributed by atoms with E-state index >= 15 is 0 Å². The molecule has 1 amide bonds. The Balaban J connectivity index is 2.02. The summed E-state index contributed by atoms with van der Waals surface area (Å²) in [4.78, 5) is 11.8. The molecule has 1 heterocycles. The summed E-state index contributed by atoms with van der Waals surface area (Å²) in [5, 5.41) is 1.25. The van der Waals surface area contributed by atoms with Crippen LogP contribution in [0.2, 0.25) is 0 Å². The van der Waals surface area contributed by atoms with Crippen LogP contribution in [0.3, 0.4) is 0 Å². The summed E-state index contributed by atoms with van der Waals surface area (Å²) in [6, 6.07) is 15.4. The summed E-state index contributed by atoms with van der Waals surface area (Å²) in [6.45, 7) is -0.0386. The fourth-order valence-corrected chi connectivity index (χ4v) is 3.24. The van der Waals surface area contributed by atoms with Gasteiger partial charge in [0.1, 0.15) is 0 Å². The Hall–Kier alpha value is -3.28. The normalized spacial score (nSPS) is 11.3. The summed E-state index contributed by atoms with van der Waals surface area (Å²) >= 11 is 0. The quantitative estimate of drug-likeness (QED) is 0.553. The zero-order chi connectivity index (χ0) is 18.4. The second-order valence-electron chi connectivity index (χ2n) is 5.91. The van der Waals surface area contributed by atoms with Crippen molar-refractivity contribution < 1.29 is 18.0 Å². The van der Waals surface area contributed by atoms with Gasteiger partial charge in [0.15, 0.2) is 17.5 Å². The van der Waals surface area contributed by atoms with Crippen molar-refractivity contribution in [1.29, 1.82) is 0 Å². The SMILES string of the molecule is NC(=O)c1cccc2c1c1[c]cccc1n2Cc1ccc(F)c(F)c1F. The first kappa shape index (κ1) is 16.2. The molecule has 0 aliphatic heterocycles. The molecule has 0 saturated carbocycles. The maximum atomic E-state index is 14.2. The molecule has 2 N–H and O–H groups in total. The van der Waals surface area contributed by atoms with E-state index in [0.717, 1.165) is 6.07 Å². The first-order chi connectivity index (χ1) is 12.5. The third kappa shape index (κ3) is 2.34. The lowest BCUT2D eigenvalue weighted by atomic mass is 10.1. The van der Waals surface area contributed by atoms with Gasteiger partial charge in [-0.2, -0.15) is 0 Å². The first-order valence-corrected chi connectivity index (χ1v) is 7.83. The molecule has 4 aromatic rings. The minimum Gasteiger partial charge on any atom is -0.366 e. The van der Waals surface area contributed by atoms with E-state index in [0.29, 0.717) is 27.4 Å². The number of hydrogen-bond donors (Lipinski definition) is 1. The average molecular weight is 353 g/mol. The number of hydrogen-bond acceptors (Lipinski definition) is 1. The van der Waals surface area contributed by atoms with Gasteiger partial charge < -0.3 is 10.3 Å². The molecular formula is C20H12F3N2O. The van der Waals surface area contributed by atoms with Gasteiger partial charge in [-0.1, -0.05) is 24.3 Å². The van der Waals surface area contributed by atoms with E-state index in [4.69, 9.17) is 5.73 Å². The molecule has 3 nitrogen and oxygen atoms in total. The third-order valence-electron chi connectivity index (χ3n) is 4.42. The van der Waals surface area contributed by atoms with Gasteiger partial charge in [0.05, 0.1) is 17.6 Å². The monoisotopic (exact) mass is 353 g/mol. The van der Waals surface area contributed by atoms with Gasteiger partial charge in [0, 0.05) is 21.9 Å². The third-order valence-corrected chi connectivity index (χ3v) is 4.42. The summed E-state index contributed by atoms with van der Waals surface area (Å²) < 4.78 is 42.7. The van der Waals surface area contributed by atoms with Gasteiger partial charge >= 0.3 is 0 Å². The molecule has 0 fully saturated rings. The minimum atomic E-state index is -1.51. The zero-order valence-corrected chi connectivity index (χ0v) is 13.4. The Morgan fingerprint density at radius 3 is 2.54 bits per heavy atom. The number of nitrogens with two attached hydrogens (primary N) is 1.